The quantitative estimate of drug-likeness (QED) is 0.182. The van der Waals surface area contributed by atoms with Crippen molar-refractivity contribution in [3.63, 3.8) is 0 Å². The lowest BCUT2D eigenvalue weighted by atomic mass is 9.69. The van der Waals surface area contributed by atoms with Crippen LogP contribution in [-0.2, 0) is 5.41 Å². The van der Waals surface area contributed by atoms with Gasteiger partial charge in [-0.3, -0.25) is 0 Å². The number of para-hydroxylation sites is 1. The molecule has 0 radical (unpaired) electrons. The SMILES string of the molecule is c1ccc(-c2ccc(N(c3ccccc3)c3ccc4c5c(ccc4c3)-c3c(ccc4ccccc34)C53c4ccccc4-c4ccccc43)cc2)cc1. The van der Waals surface area contributed by atoms with Gasteiger partial charge in [0.05, 0.1) is 5.41 Å². The number of anilines is 3. The summed E-state index contributed by atoms with van der Waals surface area (Å²) in [6.07, 6.45) is 0. The van der Waals surface area contributed by atoms with Crippen LogP contribution in [0.5, 0.6) is 0 Å². The van der Waals surface area contributed by atoms with Gasteiger partial charge in [-0.2, -0.15) is 0 Å². The molecule has 0 saturated heterocycles. The van der Waals surface area contributed by atoms with E-state index in [4.69, 9.17) is 0 Å². The first-order valence-corrected chi connectivity index (χ1v) is 18.1. The first kappa shape index (κ1) is 29.1. The van der Waals surface area contributed by atoms with Crippen LogP contribution in [0.2, 0.25) is 0 Å². The Kier molecular flexibility index (Phi) is 6.23. The molecule has 0 aliphatic heterocycles. The lowest BCUT2D eigenvalue weighted by molar-refractivity contribution is 0.802. The molecule has 52 heavy (non-hydrogen) atoms. The maximum absolute atomic E-state index is 2.41. The van der Waals surface area contributed by atoms with E-state index in [2.05, 4.69) is 205 Å². The van der Waals surface area contributed by atoms with Gasteiger partial charge in [-0.05, 0) is 114 Å². The normalized spacial score (nSPS) is 13.2. The van der Waals surface area contributed by atoms with Crippen molar-refractivity contribution in [2.75, 3.05) is 4.90 Å². The molecule has 2 aliphatic carbocycles. The van der Waals surface area contributed by atoms with Crippen molar-refractivity contribution in [2.45, 2.75) is 5.41 Å². The summed E-state index contributed by atoms with van der Waals surface area (Å²) < 4.78 is 0. The van der Waals surface area contributed by atoms with Gasteiger partial charge in [0, 0.05) is 17.1 Å². The maximum Gasteiger partial charge on any atom is 0.0731 e. The summed E-state index contributed by atoms with van der Waals surface area (Å²) in [6.45, 7) is 0. The third-order valence-electron chi connectivity index (χ3n) is 11.4. The van der Waals surface area contributed by atoms with E-state index in [0.29, 0.717) is 0 Å². The van der Waals surface area contributed by atoms with Crippen LogP contribution in [0.1, 0.15) is 22.3 Å². The second-order valence-corrected chi connectivity index (χ2v) is 14.0. The van der Waals surface area contributed by atoms with Crippen LogP contribution in [0.3, 0.4) is 0 Å². The molecule has 242 valence electrons. The van der Waals surface area contributed by atoms with Gasteiger partial charge >= 0.3 is 0 Å². The molecule has 9 aromatic carbocycles. The van der Waals surface area contributed by atoms with Crippen molar-refractivity contribution in [3.8, 4) is 33.4 Å². The summed E-state index contributed by atoms with van der Waals surface area (Å²) in [4.78, 5) is 2.37. The zero-order valence-corrected chi connectivity index (χ0v) is 28.5. The predicted molar refractivity (Wildman–Crippen MR) is 218 cm³/mol. The molecule has 0 unspecified atom stereocenters. The summed E-state index contributed by atoms with van der Waals surface area (Å²) in [5.74, 6) is 0. The molecule has 0 atom stereocenters. The fourth-order valence-electron chi connectivity index (χ4n) is 9.33. The van der Waals surface area contributed by atoms with Crippen molar-refractivity contribution >= 4 is 38.6 Å². The number of rotatable bonds is 4. The monoisotopic (exact) mass is 659 g/mol. The van der Waals surface area contributed by atoms with E-state index in [1.54, 1.807) is 0 Å². The van der Waals surface area contributed by atoms with E-state index < -0.39 is 5.41 Å². The molecule has 0 fully saturated rings. The van der Waals surface area contributed by atoms with E-state index in [-0.39, 0.29) is 0 Å². The highest BCUT2D eigenvalue weighted by Crippen LogP contribution is 2.65. The predicted octanol–water partition coefficient (Wildman–Crippen LogP) is 13.5. The van der Waals surface area contributed by atoms with Gasteiger partial charge in [-0.25, -0.2) is 0 Å². The zero-order valence-electron chi connectivity index (χ0n) is 28.5. The molecule has 2 aliphatic rings. The average Bonchev–Trinajstić information content (AvgIpc) is 3.70. The summed E-state index contributed by atoms with van der Waals surface area (Å²) in [6, 6.07) is 73.9. The molecule has 1 nitrogen and oxygen atoms in total. The topological polar surface area (TPSA) is 3.24 Å². The summed E-state index contributed by atoms with van der Waals surface area (Å²) >= 11 is 0. The first-order valence-electron chi connectivity index (χ1n) is 18.1. The van der Waals surface area contributed by atoms with Gasteiger partial charge in [0.15, 0.2) is 0 Å². The van der Waals surface area contributed by atoms with Crippen LogP contribution in [0.15, 0.2) is 200 Å². The Morgan fingerprint density at radius 2 is 0.904 bits per heavy atom. The minimum absolute atomic E-state index is 0.421. The second kappa shape index (κ2) is 11.2. The number of hydrogen-bond acceptors (Lipinski definition) is 1. The Morgan fingerprint density at radius 3 is 1.65 bits per heavy atom. The van der Waals surface area contributed by atoms with E-state index in [1.807, 2.05) is 0 Å². The molecule has 0 bridgehead atoms. The molecule has 1 spiro atoms. The molecule has 1 heteroatoms. The summed E-state index contributed by atoms with van der Waals surface area (Å²) in [5.41, 5.74) is 16.2. The molecule has 0 aromatic heterocycles. The number of nitrogens with zero attached hydrogens (tertiary/aromatic N) is 1. The summed E-state index contributed by atoms with van der Waals surface area (Å²) in [7, 11) is 0. The molecule has 11 rings (SSSR count). The smallest absolute Gasteiger partial charge is 0.0731 e. The third-order valence-corrected chi connectivity index (χ3v) is 11.4. The maximum atomic E-state index is 2.41. The van der Waals surface area contributed by atoms with Gasteiger partial charge < -0.3 is 4.90 Å². The van der Waals surface area contributed by atoms with Crippen LogP contribution in [0.25, 0.3) is 54.9 Å². The van der Waals surface area contributed by atoms with E-state index in [1.165, 1.54) is 77.2 Å². The first-order chi connectivity index (χ1) is 25.8. The highest BCUT2D eigenvalue weighted by Gasteiger charge is 2.52. The van der Waals surface area contributed by atoms with Crippen molar-refractivity contribution in [2.24, 2.45) is 0 Å². The fraction of sp³-hybridized carbons (Fsp3) is 0.0196. The van der Waals surface area contributed by atoms with E-state index >= 15 is 0 Å². The van der Waals surface area contributed by atoms with Crippen LogP contribution >= 0.6 is 0 Å². The number of benzene rings is 9. The van der Waals surface area contributed by atoms with Crippen LogP contribution in [-0.4, -0.2) is 0 Å². The van der Waals surface area contributed by atoms with E-state index in [9.17, 15) is 0 Å². The van der Waals surface area contributed by atoms with Crippen LogP contribution in [0.4, 0.5) is 17.1 Å². The molecular weight excluding hydrogens is 627 g/mol. The van der Waals surface area contributed by atoms with E-state index in [0.717, 1.165) is 17.1 Å². The Bertz CT molecular complexity index is 2790. The fourth-order valence-corrected chi connectivity index (χ4v) is 9.33. The van der Waals surface area contributed by atoms with Crippen molar-refractivity contribution in [3.05, 3.63) is 222 Å². The zero-order chi connectivity index (χ0) is 34.2. The minimum atomic E-state index is -0.421. The van der Waals surface area contributed by atoms with Gasteiger partial charge in [-0.15, -0.1) is 0 Å². The van der Waals surface area contributed by atoms with Gasteiger partial charge in [0.2, 0.25) is 0 Å². The van der Waals surface area contributed by atoms with Crippen molar-refractivity contribution in [1.82, 2.24) is 0 Å². The Morgan fingerprint density at radius 1 is 0.327 bits per heavy atom. The molecular formula is C51H33N. The lowest BCUT2D eigenvalue weighted by Crippen LogP contribution is -2.26. The Balaban J connectivity index is 1.16. The highest BCUT2D eigenvalue weighted by molar-refractivity contribution is 6.11. The molecule has 0 N–H and O–H groups in total. The lowest BCUT2D eigenvalue weighted by Gasteiger charge is -2.32. The third kappa shape index (κ3) is 3.99. The molecule has 0 heterocycles. The molecule has 0 amide bonds. The largest absolute Gasteiger partial charge is 0.310 e. The van der Waals surface area contributed by atoms with Crippen molar-refractivity contribution < 1.29 is 0 Å². The standard InChI is InChI=1S/C51H33N/c1-3-13-34(14-4-1)35-23-27-39(28-24-35)52(38-16-5-2-6-17-38)40-29-31-42-37(33-40)25-30-45-49-41-18-8-7-15-36(41)26-32-48(49)51(50(42)45)46-21-11-9-19-43(46)44-20-10-12-22-47(44)51/h1-33H. The second-order valence-electron chi connectivity index (χ2n) is 14.0. The highest BCUT2D eigenvalue weighted by atomic mass is 15.1. The molecule has 9 aromatic rings. The van der Waals surface area contributed by atoms with Gasteiger partial charge in [0.1, 0.15) is 0 Å². The summed E-state index contributed by atoms with van der Waals surface area (Å²) in [5, 5.41) is 5.11. The Labute approximate surface area is 303 Å². The minimum Gasteiger partial charge on any atom is -0.310 e. The Hall–Kier alpha value is -6.70. The van der Waals surface area contributed by atoms with Gasteiger partial charge in [-0.1, -0.05) is 164 Å². The van der Waals surface area contributed by atoms with Gasteiger partial charge in [0.25, 0.3) is 0 Å². The van der Waals surface area contributed by atoms with Crippen molar-refractivity contribution in [1.29, 1.82) is 0 Å². The van der Waals surface area contributed by atoms with Crippen LogP contribution in [0, 0.1) is 0 Å². The average molecular weight is 660 g/mol. The number of fused-ring (bicyclic) bond motifs is 14. The molecule has 0 saturated carbocycles. The van der Waals surface area contributed by atoms with Crippen LogP contribution < -0.4 is 4.90 Å². The number of hydrogen-bond donors (Lipinski definition) is 0.